The van der Waals surface area contributed by atoms with Gasteiger partial charge in [0.15, 0.2) is 0 Å². The summed E-state index contributed by atoms with van der Waals surface area (Å²) in [5.41, 5.74) is 4.48. The third-order valence-corrected chi connectivity index (χ3v) is 7.04. The first-order chi connectivity index (χ1) is 14.7. The average Bonchev–Trinajstić information content (AvgIpc) is 2.74. The zero-order chi connectivity index (χ0) is 22.6. The number of aryl methyl sites for hydroxylation is 2. The van der Waals surface area contributed by atoms with Crippen LogP contribution in [-0.2, 0) is 21.4 Å². The van der Waals surface area contributed by atoms with E-state index in [1.165, 1.54) is 29.3 Å². The third kappa shape index (κ3) is 5.79. The molecular weight excluding hydrogens is 410 g/mol. The number of sulfonamides is 1. The molecule has 1 aliphatic heterocycles. The summed E-state index contributed by atoms with van der Waals surface area (Å²) < 4.78 is 26.3. The van der Waals surface area contributed by atoms with Gasteiger partial charge in [0.1, 0.15) is 6.04 Å². The van der Waals surface area contributed by atoms with Gasteiger partial charge in [0.25, 0.3) is 0 Å². The maximum absolute atomic E-state index is 12.9. The molecular formula is C24H33N3O3S. The highest BCUT2D eigenvalue weighted by Crippen LogP contribution is 2.26. The van der Waals surface area contributed by atoms with Crippen LogP contribution >= 0.6 is 0 Å². The van der Waals surface area contributed by atoms with Crippen molar-refractivity contribution < 1.29 is 13.2 Å². The van der Waals surface area contributed by atoms with Crippen LogP contribution in [0.25, 0.3) is 0 Å². The molecule has 0 spiro atoms. The van der Waals surface area contributed by atoms with Gasteiger partial charge in [-0.15, -0.1) is 0 Å². The predicted octanol–water partition coefficient (Wildman–Crippen LogP) is 3.76. The third-order valence-electron chi connectivity index (χ3n) is 5.81. The van der Waals surface area contributed by atoms with Gasteiger partial charge >= 0.3 is 0 Å². The molecule has 3 rings (SSSR count). The van der Waals surface area contributed by atoms with Gasteiger partial charge < -0.3 is 10.2 Å². The molecule has 1 atom stereocenters. The standard InChI is InChI=1S/C24H33N3O3S/c1-18-8-9-19(2)23(16-18)27(31(4,29)30)20(3)24(28)25-17-21-10-12-22(13-11-21)26-14-6-5-7-15-26/h8-13,16,20H,5-7,14-15,17H2,1-4H3,(H,25,28)/t20-/m0/s1. The normalized spacial score (nSPS) is 15.4. The molecule has 1 fully saturated rings. The fourth-order valence-corrected chi connectivity index (χ4v) is 5.28. The van der Waals surface area contributed by atoms with Crippen LogP contribution in [0.4, 0.5) is 11.4 Å². The maximum Gasteiger partial charge on any atom is 0.243 e. The van der Waals surface area contributed by atoms with E-state index in [2.05, 4.69) is 22.3 Å². The van der Waals surface area contributed by atoms with Crippen molar-refractivity contribution in [2.45, 2.75) is 52.6 Å². The Labute approximate surface area is 186 Å². The van der Waals surface area contributed by atoms with Crippen molar-refractivity contribution in [2.24, 2.45) is 0 Å². The van der Waals surface area contributed by atoms with Crippen molar-refractivity contribution >= 4 is 27.3 Å². The molecule has 0 aromatic heterocycles. The second-order valence-corrected chi connectivity index (χ2v) is 10.3. The Morgan fingerprint density at radius 1 is 1.06 bits per heavy atom. The zero-order valence-corrected chi connectivity index (χ0v) is 19.7. The first-order valence-corrected chi connectivity index (χ1v) is 12.7. The van der Waals surface area contributed by atoms with Gasteiger partial charge in [-0.2, -0.15) is 0 Å². The Bertz CT molecular complexity index is 1010. The monoisotopic (exact) mass is 443 g/mol. The van der Waals surface area contributed by atoms with E-state index in [1.807, 2.05) is 38.1 Å². The van der Waals surface area contributed by atoms with E-state index in [9.17, 15) is 13.2 Å². The minimum Gasteiger partial charge on any atom is -0.372 e. The Morgan fingerprint density at radius 2 is 1.71 bits per heavy atom. The lowest BCUT2D eigenvalue weighted by Crippen LogP contribution is -2.48. The lowest BCUT2D eigenvalue weighted by molar-refractivity contribution is -0.122. The Balaban J connectivity index is 1.69. The molecule has 2 aromatic carbocycles. The first kappa shape index (κ1) is 23.1. The lowest BCUT2D eigenvalue weighted by atomic mass is 10.1. The van der Waals surface area contributed by atoms with Crippen LogP contribution in [0.15, 0.2) is 42.5 Å². The van der Waals surface area contributed by atoms with Crippen LogP contribution in [0.3, 0.4) is 0 Å². The summed E-state index contributed by atoms with van der Waals surface area (Å²) in [5.74, 6) is -0.327. The van der Waals surface area contributed by atoms with Gasteiger partial charge in [-0.25, -0.2) is 8.42 Å². The predicted molar refractivity (Wildman–Crippen MR) is 127 cm³/mol. The van der Waals surface area contributed by atoms with Gasteiger partial charge in [-0.05, 0) is 74.9 Å². The van der Waals surface area contributed by atoms with Gasteiger partial charge in [-0.3, -0.25) is 9.10 Å². The quantitative estimate of drug-likeness (QED) is 0.707. The van der Waals surface area contributed by atoms with Crippen LogP contribution in [0, 0.1) is 13.8 Å². The number of hydrogen-bond donors (Lipinski definition) is 1. The minimum atomic E-state index is -3.64. The second-order valence-electron chi connectivity index (χ2n) is 8.46. The van der Waals surface area contributed by atoms with Crippen molar-refractivity contribution in [3.05, 3.63) is 59.2 Å². The van der Waals surface area contributed by atoms with E-state index in [0.717, 1.165) is 36.0 Å². The molecule has 0 saturated carbocycles. The Hall–Kier alpha value is -2.54. The molecule has 1 N–H and O–H groups in total. The smallest absolute Gasteiger partial charge is 0.243 e. The van der Waals surface area contributed by atoms with Crippen LogP contribution in [0.5, 0.6) is 0 Å². The first-order valence-electron chi connectivity index (χ1n) is 10.8. The number of carbonyl (C=O) groups excluding carboxylic acids is 1. The van der Waals surface area contributed by atoms with Crippen molar-refractivity contribution in [1.82, 2.24) is 5.32 Å². The average molecular weight is 444 g/mol. The van der Waals surface area contributed by atoms with Gasteiger partial charge in [-0.1, -0.05) is 24.3 Å². The summed E-state index contributed by atoms with van der Waals surface area (Å²) in [4.78, 5) is 15.3. The van der Waals surface area contributed by atoms with Crippen LogP contribution < -0.4 is 14.5 Å². The summed E-state index contributed by atoms with van der Waals surface area (Å²) in [6.45, 7) is 7.91. The molecule has 0 unspecified atom stereocenters. The number of nitrogens with one attached hydrogen (secondary N) is 1. The van der Waals surface area contributed by atoms with E-state index in [4.69, 9.17) is 0 Å². The number of nitrogens with zero attached hydrogens (tertiary/aromatic N) is 2. The number of benzene rings is 2. The molecule has 168 valence electrons. The van der Waals surface area contributed by atoms with Gasteiger partial charge in [0, 0.05) is 25.3 Å². The van der Waals surface area contributed by atoms with E-state index in [0.29, 0.717) is 12.2 Å². The molecule has 1 saturated heterocycles. The van der Waals surface area contributed by atoms with Gasteiger partial charge in [0.05, 0.1) is 11.9 Å². The Kier molecular flexibility index (Phi) is 7.26. The fourth-order valence-electron chi connectivity index (χ4n) is 4.05. The molecule has 0 aliphatic carbocycles. The van der Waals surface area contributed by atoms with Crippen LogP contribution in [0.2, 0.25) is 0 Å². The van der Waals surface area contributed by atoms with Crippen molar-refractivity contribution in [3.8, 4) is 0 Å². The van der Waals surface area contributed by atoms with Crippen molar-refractivity contribution in [3.63, 3.8) is 0 Å². The van der Waals surface area contributed by atoms with E-state index >= 15 is 0 Å². The number of rotatable bonds is 7. The Morgan fingerprint density at radius 3 is 2.32 bits per heavy atom. The maximum atomic E-state index is 12.9. The van der Waals surface area contributed by atoms with Crippen molar-refractivity contribution in [1.29, 1.82) is 0 Å². The molecule has 1 heterocycles. The molecule has 2 aromatic rings. The molecule has 6 nitrogen and oxygen atoms in total. The highest BCUT2D eigenvalue weighted by atomic mass is 32.2. The van der Waals surface area contributed by atoms with E-state index < -0.39 is 16.1 Å². The van der Waals surface area contributed by atoms with Gasteiger partial charge in [0.2, 0.25) is 15.9 Å². The lowest BCUT2D eigenvalue weighted by Gasteiger charge is -2.30. The van der Waals surface area contributed by atoms with Crippen LogP contribution in [0.1, 0.15) is 42.9 Å². The summed E-state index contributed by atoms with van der Waals surface area (Å²) >= 11 is 0. The highest BCUT2D eigenvalue weighted by molar-refractivity contribution is 7.92. The highest BCUT2D eigenvalue weighted by Gasteiger charge is 2.30. The second kappa shape index (κ2) is 9.73. The van der Waals surface area contributed by atoms with Crippen molar-refractivity contribution in [2.75, 3.05) is 28.6 Å². The summed E-state index contributed by atoms with van der Waals surface area (Å²) in [6, 6.07) is 13.0. The number of anilines is 2. The number of carbonyl (C=O) groups is 1. The topological polar surface area (TPSA) is 69.7 Å². The van der Waals surface area contributed by atoms with E-state index in [-0.39, 0.29) is 5.91 Å². The minimum absolute atomic E-state index is 0.327. The molecule has 31 heavy (non-hydrogen) atoms. The summed E-state index contributed by atoms with van der Waals surface area (Å²) in [6.07, 6.45) is 4.89. The molecule has 0 bridgehead atoms. The molecule has 7 heteroatoms. The van der Waals surface area contributed by atoms with E-state index in [1.54, 1.807) is 13.0 Å². The number of hydrogen-bond acceptors (Lipinski definition) is 4. The molecule has 1 amide bonds. The summed E-state index contributed by atoms with van der Waals surface area (Å²) in [7, 11) is -3.64. The largest absolute Gasteiger partial charge is 0.372 e. The molecule has 1 aliphatic rings. The molecule has 0 radical (unpaired) electrons. The number of amides is 1. The zero-order valence-electron chi connectivity index (χ0n) is 18.9. The fraction of sp³-hybridized carbons (Fsp3) is 0.458. The number of piperidine rings is 1. The van der Waals surface area contributed by atoms with Crippen LogP contribution in [-0.4, -0.2) is 39.7 Å². The SMILES string of the molecule is Cc1ccc(C)c(N([C@@H](C)C(=O)NCc2ccc(N3CCCCC3)cc2)S(C)(=O)=O)c1. The summed E-state index contributed by atoms with van der Waals surface area (Å²) in [5, 5.41) is 2.90.